The van der Waals surface area contributed by atoms with Crippen LogP contribution in [0, 0.1) is 18.3 Å². The molecule has 5 rings (SSSR count). The van der Waals surface area contributed by atoms with Crippen LogP contribution >= 0.6 is 0 Å². The molecule has 1 unspecified atom stereocenters. The van der Waals surface area contributed by atoms with Crippen molar-refractivity contribution in [3.63, 3.8) is 0 Å². The number of pyridine rings is 1. The second-order valence-electron chi connectivity index (χ2n) is 8.45. The van der Waals surface area contributed by atoms with Gasteiger partial charge in [-0.25, -0.2) is 4.79 Å². The summed E-state index contributed by atoms with van der Waals surface area (Å²) in [6.07, 6.45) is 0.750. The van der Waals surface area contributed by atoms with Crippen molar-refractivity contribution in [1.82, 2.24) is 9.88 Å². The van der Waals surface area contributed by atoms with Crippen LogP contribution in [-0.2, 0) is 16.1 Å². The number of anilines is 1. The Morgan fingerprint density at radius 1 is 1.21 bits per heavy atom. The Hall–Kier alpha value is -3.80. The fourth-order valence-electron chi connectivity index (χ4n) is 4.49. The molecule has 0 spiro atoms. The van der Waals surface area contributed by atoms with E-state index in [-0.39, 0.29) is 25.0 Å². The lowest BCUT2D eigenvalue weighted by molar-refractivity contribution is -0.121. The molecular weight excluding hydrogens is 420 g/mol. The number of esters is 1. The molecule has 0 saturated carbocycles. The van der Waals surface area contributed by atoms with E-state index >= 15 is 0 Å². The second kappa shape index (κ2) is 8.28. The molecule has 1 amide bonds. The molecule has 33 heavy (non-hydrogen) atoms. The number of β-amino-alcohol motifs (C(OH)–C–C–N with tert-alkyl or cyclic N) is 1. The van der Waals surface area contributed by atoms with Crippen molar-refractivity contribution in [1.29, 1.82) is 5.26 Å². The highest BCUT2D eigenvalue weighted by molar-refractivity contribution is 5.97. The average Bonchev–Trinajstić information content (AvgIpc) is 3.17. The first-order valence-electron chi connectivity index (χ1n) is 10.7. The number of nitriles is 1. The Morgan fingerprint density at radius 2 is 2.06 bits per heavy atom. The second-order valence-corrected chi connectivity index (χ2v) is 8.45. The maximum atomic E-state index is 12.9. The van der Waals surface area contributed by atoms with Gasteiger partial charge in [0, 0.05) is 42.5 Å². The minimum Gasteiger partial charge on any atom is -0.457 e. The molecule has 2 aliphatic rings. The lowest BCUT2D eigenvalue weighted by Gasteiger charge is -2.35. The first-order chi connectivity index (χ1) is 15.9. The summed E-state index contributed by atoms with van der Waals surface area (Å²) in [7, 11) is 0. The van der Waals surface area contributed by atoms with Crippen molar-refractivity contribution in [3.05, 3.63) is 70.4 Å². The number of aromatic nitrogens is 1. The summed E-state index contributed by atoms with van der Waals surface area (Å²) in [5.41, 5.74) is 4.91. The third kappa shape index (κ3) is 3.93. The zero-order valence-corrected chi connectivity index (χ0v) is 18.1. The summed E-state index contributed by atoms with van der Waals surface area (Å²) in [5, 5.41) is 20.7. The lowest BCUT2D eigenvalue weighted by Crippen LogP contribution is -2.51. The Morgan fingerprint density at radius 3 is 2.85 bits per heavy atom. The number of aryl methyl sites for hydroxylation is 1. The van der Waals surface area contributed by atoms with Gasteiger partial charge in [-0.3, -0.25) is 14.7 Å². The van der Waals surface area contributed by atoms with E-state index in [1.165, 1.54) is 6.20 Å². The number of aliphatic hydroxyl groups excluding tert-OH is 1. The molecule has 1 atom stereocenters. The van der Waals surface area contributed by atoms with Crippen LogP contribution < -0.4 is 4.90 Å². The number of benzene rings is 2. The summed E-state index contributed by atoms with van der Waals surface area (Å²) in [5.74, 6) is -0.378. The first-order valence-corrected chi connectivity index (χ1v) is 10.7. The fourth-order valence-corrected chi connectivity index (χ4v) is 4.49. The van der Waals surface area contributed by atoms with Gasteiger partial charge in [0.25, 0.3) is 0 Å². The SMILES string of the molecule is Cc1cc2c(cc1C(O)CN1CCN(c3ccc4cc(C#N)cnc4c3)C(=O)C1)COC2=O. The molecule has 3 aromatic rings. The normalized spacial score (nSPS) is 17.1. The number of carbonyl (C=O) groups is 2. The molecular formula is C25H22N4O4. The molecule has 1 aromatic heterocycles. The van der Waals surface area contributed by atoms with Gasteiger partial charge in [0.05, 0.1) is 29.3 Å². The van der Waals surface area contributed by atoms with Crippen molar-refractivity contribution in [2.45, 2.75) is 19.6 Å². The number of cyclic esters (lactones) is 1. The van der Waals surface area contributed by atoms with Gasteiger partial charge in [-0.2, -0.15) is 5.26 Å². The van der Waals surface area contributed by atoms with Crippen LogP contribution in [-0.4, -0.2) is 53.0 Å². The highest BCUT2D eigenvalue weighted by Gasteiger charge is 2.29. The molecule has 2 aliphatic heterocycles. The quantitative estimate of drug-likeness (QED) is 0.619. The molecule has 1 N–H and O–H groups in total. The third-order valence-corrected chi connectivity index (χ3v) is 6.27. The van der Waals surface area contributed by atoms with Crippen molar-refractivity contribution in [2.24, 2.45) is 0 Å². The molecule has 2 aromatic carbocycles. The molecule has 3 heterocycles. The highest BCUT2D eigenvalue weighted by Crippen LogP contribution is 2.29. The Labute approximate surface area is 190 Å². The van der Waals surface area contributed by atoms with Gasteiger partial charge in [-0.15, -0.1) is 0 Å². The highest BCUT2D eigenvalue weighted by atomic mass is 16.5. The molecule has 8 heteroatoms. The largest absolute Gasteiger partial charge is 0.457 e. The van der Waals surface area contributed by atoms with Crippen LogP contribution in [0.25, 0.3) is 10.9 Å². The number of carbonyl (C=O) groups excluding carboxylic acids is 2. The molecule has 0 radical (unpaired) electrons. The lowest BCUT2D eigenvalue weighted by atomic mass is 9.96. The maximum Gasteiger partial charge on any atom is 0.338 e. The number of rotatable bonds is 4. The van der Waals surface area contributed by atoms with Crippen molar-refractivity contribution < 1.29 is 19.4 Å². The molecule has 8 nitrogen and oxygen atoms in total. The van der Waals surface area contributed by atoms with Gasteiger partial charge >= 0.3 is 5.97 Å². The summed E-state index contributed by atoms with van der Waals surface area (Å²) < 4.78 is 5.07. The van der Waals surface area contributed by atoms with E-state index in [1.54, 1.807) is 17.0 Å². The predicted molar refractivity (Wildman–Crippen MR) is 121 cm³/mol. The van der Waals surface area contributed by atoms with Gasteiger partial charge < -0.3 is 14.7 Å². The van der Waals surface area contributed by atoms with E-state index in [9.17, 15) is 14.7 Å². The summed E-state index contributed by atoms with van der Waals surface area (Å²) in [4.78, 5) is 32.6. The minimum absolute atomic E-state index is 0.0499. The molecule has 1 saturated heterocycles. The van der Waals surface area contributed by atoms with E-state index in [0.29, 0.717) is 30.8 Å². The van der Waals surface area contributed by atoms with Gasteiger partial charge in [0.1, 0.15) is 12.7 Å². The smallest absolute Gasteiger partial charge is 0.338 e. The number of hydrogen-bond donors (Lipinski definition) is 1. The van der Waals surface area contributed by atoms with Gasteiger partial charge in [-0.1, -0.05) is 6.07 Å². The fraction of sp³-hybridized carbons (Fsp3) is 0.280. The number of aliphatic hydroxyl groups is 1. The van der Waals surface area contributed by atoms with Gasteiger partial charge in [-0.05, 0) is 48.4 Å². The predicted octanol–water partition coefficient (Wildman–Crippen LogP) is 2.47. The van der Waals surface area contributed by atoms with Crippen LogP contribution in [0.4, 0.5) is 5.69 Å². The van der Waals surface area contributed by atoms with E-state index in [0.717, 1.165) is 33.3 Å². The number of amides is 1. The van der Waals surface area contributed by atoms with E-state index in [4.69, 9.17) is 10.00 Å². The Balaban J connectivity index is 1.27. The van der Waals surface area contributed by atoms with Crippen LogP contribution in [0.15, 0.2) is 42.6 Å². The summed E-state index contributed by atoms with van der Waals surface area (Å²) >= 11 is 0. The van der Waals surface area contributed by atoms with Crippen molar-refractivity contribution in [2.75, 3.05) is 31.1 Å². The van der Waals surface area contributed by atoms with E-state index in [1.807, 2.05) is 36.1 Å². The van der Waals surface area contributed by atoms with Crippen molar-refractivity contribution in [3.8, 4) is 6.07 Å². The van der Waals surface area contributed by atoms with Crippen LogP contribution in [0.5, 0.6) is 0 Å². The summed E-state index contributed by atoms with van der Waals surface area (Å²) in [6.45, 7) is 3.72. The first kappa shape index (κ1) is 21.1. The molecule has 0 aliphatic carbocycles. The van der Waals surface area contributed by atoms with Crippen LogP contribution in [0.2, 0.25) is 0 Å². The van der Waals surface area contributed by atoms with E-state index < -0.39 is 6.10 Å². The Kier molecular flexibility index (Phi) is 5.29. The third-order valence-electron chi connectivity index (χ3n) is 6.27. The van der Waals surface area contributed by atoms with Gasteiger partial charge in [0.2, 0.25) is 5.91 Å². The zero-order valence-electron chi connectivity index (χ0n) is 18.1. The van der Waals surface area contributed by atoms with Crippen molar-refractivity contribution >= 4 is 28.5 Å². The minimum atomic E-state index is -0.774. The van der Waals surface area contributed by atoms with Crippen LogP contribution in [0.3, 0.4) is 0 Å². The van der Waals surface area contributed by atoms with Gasteiger partial charge in [0.15, 0.2) is 0 Å². The number of nitrogens with zero attached hydrogens (tertiary/aromatic N) is 4. The number of ether oxygens (including phenoxy) is 1. The maximum absolute atomic E-state index is 12.9. The molecule has 166 valence electrons. The number of fused-ring (bicyclic) bond motifs is 2. The molecule has 1 fully saturated rings. The van der Waals surface area contributed by atoms with E-state index in [2.05, 4.69) is 11.1 Å². The Bertz CT molecular complexity index is 1330. The number of hydrogen-bond acceptors (Lipinski definition) is 7. The van der Waals surface area contributed by atoms with Crippen LogP contribution in [0.1, 0.15) is 38.7 Å². The summed E-state index contributed by atoms with van der Waals surface area (Å²) in [6, 6.07) is 13.0. The standard InChI is InChI=1S/C25H22N4O4/c1-15-6-21-18(14-33-25(21)32)8-20(15)23(30)12-28-4-5-29(24(31)13-28)19-3-2-17-7-16(10-26)11-27-22(17)9-19/h2-3,6-9,11,23,30H,4-5,12-14H2,1H3. The number of piperazine rings is 1. The average molecular weight is 442 g/mol. The molecule has 0 bridgehead atoms. The monoisotopic (exact) mass is 442 g/mol. The zero-order chi connectivity index (χ0) is 23.1. The topological polar surface area (TPSA) is 107 Å².